The fourth-order valence-electron chi connectivity index (χ4n) is 1.49. The highest BCUT2D eigenvalue weighted by molar-refractivity contribution is 5.81. The van der Waals surface area contributed by atoms with Crippen molar-refractivity contribution in [1.82, 2.24) is 4.90 Å². The molecule has 1 amide bonds. The van der Waals surface area contributed by atoms with Crippen LogP contribution in [0.1, 0.15) is 20.8 Å². The van der Waals surface area contributed by atoms with E-state index in [1.165, 1.54) is 0 Å². The summed E-state index contributed by atoms with van der Waals surface area (Å²) in [5.74, 6) is -1.15. The van der Waals surface area contributed by atoms with E-state index in [0.717, 1.165) is 0 Å². The number of hydrogen-bond donors (Lipinski definition) is 1. The number of carbonyl (C=O) groups excluding carboxylic acids is 1. The van der Waals surface area contributed by atoms with E-state index >= 15 is 0 Å². The third-order valence-corrected chi connectivity index (χ3v) is 2.09. The van der Waals surface area contributed by atoms with Crippen LogP contribution in [0.4, 0.5) is 0 Å². The Labute approximate surface area is 89.0 Å². The molecule has 1 saturated heterocycles. The van der Waals surface area contributed by atoms with Crippen molar-refractivity contribution in [3.05, 3.63) is 0 Å². The molecule has 5 nitrogen and oxygen atoms in total. The van der Waals surface area contributed by atoms with Gasteiger partial charge in [-0.2, -0.15) is 0 Å². The molecule has 1 atom stereocenters. The molecule has 15 heavy (non-hydrogen) atoms. The van der Waals surface area contributed by atoms with Gasteiger partial charge in [-0.3, -0.25) is 4.79 Å². The van der Waals surface area contributed by atoms with Crippen molar-refractivity contribution in [3.8, 4) is 0 Å². The second-order valence-corrected chi connectivity index (χ2v) is 4.97. The fourth-order valence-corrected chi connectivity index (χ4v) is 1.49. The minimum absolute atomic E-state index is 0.0317. The summed E-state index contributed by atoms with van der Waals surface area (Å²) in [6.45, 7) is 6.58. The summed E-state index contributed by atoms with van der Waals surface area (Å²) in [7, 11) is 0. The number of amides is 1. The zero-order valence-electron chi connectivity index (χ0n) is 9.32. The Kier molecular flexibility index (Phi) is 3.34. The predicted octanol–water partition coefficient (Wildman–Crippen LogP) is 0.344. The maximum atomic E-state index is 11.4. The Morgan fingerprint density at radius 2 is 2.20 bits per heavy atom. The van der Waals surface area contributed by atoms with Gasteiger partial charge in [-0.1, -0.05) is 20.8 Å². The molecule has 1 aliphatic heterocycles. The number of aliphatic carboxylic acids is 1. The number of carboxylic acid groups (broad SMARTS) is 1. The lowest BCUT2D eigenvalue weighted by Gasteiger charge is -2.35. The standard InChI is InChI=1S/C10H17NO4/c1-10(2,3)6-11-4-7(9(13)14)15-5-8(11)12/h7H,4-6H2,1-3H3,(H,13,14). The quantitative estimate of drug-likeness (QED) is 0.721. The Hall–Kier alpha value is -1.10. The zero-order chi connectivity index (χ0) is 11.6. The van der Waals surface area contributed by atoms with Gasteiger partial charge in [0.05, 0.1) is 6.54 Å². The van der Waals surface area contributed by atoms with Gasteiger partial charge >= 0.3 is 5.97 Å². The molecule has 1 rings (SSSR count). The van der Waals surface area contributed by atoms with Crippen LogP contribution in [0, 0.1) is 5.41 Å². The molecular weight excluding hydrogens is 198 g/mol. The molecule has 0 saturated carbocycles. The fraction of sp³-hybridized carbons (Fsp3) is 0.800. The summed E-state index contributed by atoms with van der Waals surface area (Å²) in [4.78, 5) is 23.7. The van der Waals surface area contributed by atoms with Gasteiger partial charge in [-0.25, -0.2) is 4.79 Å². The van der Waals surface area contributed by atoms with Gasteiger partial charge in [0.15, 0.2) is 6.10 Å². The Balaban J connectivity index is 2.62. The Bertz CT molecular complexity index is 269. The van der Waals surface area contributed by atoms with Gasteiger partial charge in [-0.05, 0) is 5.41 Å². The van der Waals surface area contributed by atoms with Crippen LogP contribution in [0.25, 0.3) is 0 Å². The van der Waals surface area contributed by atoms with Gasteiger partial charge in [0.2, 0.25) is 5.91 Å². The Morgan fingerprint density at radius 3 is 2.67 bits per heavy atom. The van der Waals surface area contributed by atoms with Crippen molar-refractivity contribution in [3.63, 3.8) is 0 Å². The van der Waals surface area contributed by atoms with Crippen molar-refractivity contribution < 1.29 is 19.4 Å². The maximum Gasteiger partial charge on any atom is 0.334 e. The van der Waals surface area contributed by atoms with Crippen LogP contribution in [0.3, 0.4) is 0 Å². The summed E-state index contributed by atoms with van der Waals surface area (Å²) in [6.07, 6.45) is -0.884. The second-order valence-electron chi connectivity index (χ2n) is 4.97. The van der Waals surface area contributed by atoms with E-state index in [2.05, 4.69) is 0 Å². The lowest BCUT2D eigenvalue weighted by molar-refractivity contribution is -0.165. The van der Waals surface area contributed by atoms with Crippen LogP contribution >= 0.6 is 0 Å². The Morgan fingerprint density at radius 1 is 1.60 bits per heavy atom. The predicted molar refractivity (Wildman–Crippen MR) is 53.4 cm³/mol. The molecule has 0 aliphatic carbocycles. The lowest BCUT2D eigenvalue weighted by atomic mass is 9.95. The largest absolute Gasteiger partial charge is 0.479 e. The van der Waals surface area contributed by atoms with Crippen molar-refractivity contribution in [2.75, 3.05) is 19.7 Å². The normalized spacial score (nSPS) is 23.0. The van der Waals surface area contributed by atoms with Crippen molar-refractivity contribution in [2.24, 2.45) is 5.41 Å². The number of carboxylic acids is 1. The van der Waals surface area contributed by atoms with Gasteiger partial charge in [0.25, 0.3) is 0 Å². The maximum absolute atomic E-state index is 11.4. The molecule has 0 radical (unpaired) electrons. The first-order chi connectivity index (χ1) is 6.79. The number of carbonyl (C=O) groups is 2. The second kappa shape index (κ2) is 4.18. The molecule has 0 aromatic rings. The summed E-state index contributed by atoms with van der Waals surface area (Å²) < 4.78 is 4.91. The third-order valence-electron chi connectivity index (χ3n) is 2.09. The van der Waals surface area contributed by atoms with Crippen LogP contribution in [0.2, 0.25) is 0 Å². The van der Waals surface area contributed by atoms with Crippen LogP contribution in [-0.4, -0.2) is 47.7 Å². The number of hydrogen-bond acceptors (Lipinski definition) is 3. The van der Waals surface area contributed by atoms with Gasteiger partial charge < -0.3 is 14.7 Å². The van der Waals surface area contributed by atoms with Crippen molar-refractivity contribution in [2.45, 2.75) is 26.9 Å². The molecule has 5 heteroatoms. The lowest BCUT2D eigenvalue weighted by Crippen LogP contribution is -2.51. The average Bonchev–Trinajstić information content (AvgIpc) is 2.06. The molecular formula is C10H17NO4. The topological polar surface area (TPSA) is 66.8 Å². The van der Waals surface area contributed by atoms with E-state index in [1.807, 2.05) is 20.8 Å². The first-order valence-electron chi connectivity index (χ1n) is 4.92. The molecule has 0 aromatic heterocycles. The minimum atomic E-state index is -1.01. The molecule has 0 bridgehead atoms. The first kappa shape index (κ1) is 12.0. The van der Waals surface area contributed by atoms with Crippen LogP contribution < -0.4 is 0 Å². The summed E-state index contributed by atoms with van der Waals surface area (Å²) in [5.41, 5.74) is -0.0317. The van der Waals surface area contributed by atoms with Crippen LogP contribution in [0.15, 0.2) is 0 Å². The van der Waals surface area contributed by atoms with Crippen LogP contribution in [0.5, 0.6) is 0 Å². The van der Waals surface area contributed by atoms with Gasteiger partial charge in [0, 0.05) is 6.54 Å². The minimum Gasteiger partial charge on any atom is -0.479 e. The van der Waals surface area contributed by atoms with E-state index < -0.39 is 12.1 Å². The van der Waals surface area contributed by atoms with E-state index in [1.54, 1.807) is 4.90 Å². The molecule has 0 aromatic carbocycles. The smallest absolute Gasteiger partial charge is 0.334 e. The molecule has 1 N–H and O–H groups in total. The molecule has 0 spiro atoms. The number of ether oxygens (including phenoxy) is 1. The van der Waals surface area contributed by atoms with Gasteiger partial charge in [0.1, 0.15) is 6.61 Å². The van der Waals surface area contributed by atoms with Crippen molar-refractivity contribution >= 4 is 11.9 Å². The molecule has 86 valence electrons. The molecule has 1 unspecified atom stereocenters. The van der Waals surface area contributed by atoms with E-state index in [0.29, 0.717) is 6.54 Å². The highest BCUT2D eigenvalue weighted by Crippen LogP contribution is 2.18. The summed E-state index contributed by atoms with van der Waals surface area (Å²) in [5, 5.41) is 8.78. The number of nitrogens with zero attached hydrogens (tertiary/aromatic N) is 1. The first-order valence-corrected chi connectivity index (χ1v) is 4.92. The van der Waals surface area contributed by atoms with Crippen molar-refractivity contribution in [1.29, 1.82) is 0 Å². The summed E-state index contributed by atoms with van der Waals surface area (Å²) in [6, 6.07) is 0. The van der Waals surface area contributed by atoms with E-state index in [9.17, 15) is 9.59 Å². The SMILES string of the molecule is CC(C)(C)CN1CC(C(=O)O)OCC1=O. The number of morpholine rings is 1. The highest BCUT2D eigenvalue weighted by Gasteiger charge is 2.32. The zero-order valence-corrected chi connectivity index (χ0v) is 9.32. The molecule has 1 fully saturated rings. The van der Waals surface area contributed by atoms with E-state index in [4.69, 9.17) is 9.84 Å². The summed E-state index contributed by atoms with van der Waals surface area (Å²) >= 11 is 0. The monoisotopic (exact) mass is 215 g/mol. The third kappa shape index (κ3) is 3.51. The van der Waals surface area contributed by atoms with E-state index in [-0.39, 0.29) is 24.5 Å². The molecule has 1 heterocycles. The number of rotatable bonds is 2. The van der Waals surface area contributed by atoms with Crippen LogP contribution in [-0.2, 0) is 14.3 Å². The average molecular weight is 215 g/mol. The highest BCUT2D eigenvalue weighted by atomic mass is 16.5. The molecule has 1 aliphatic rings. The van der Waals surface area contributed by atoms with Gasteiger partial charge in [-0.15, -0.1) is 0 Å².